The number of hydrogen-bond acceptors (Lipinski definition) is 5. The molecule has 0 saturated carbocycles. The van der Waals surface area contributed by atoms with Crippen molar-refractivity contribution in [2.45, 2.75) is 31.2 Å². The van der Waals surface area contributed by atoms with E-state index in [1.54, 1.807) is 11.3 Å². The van der Waals surface area contributed by atoms with E-state index in [4.69, 9.17) is 14.6 Å². The summed E-state index contributed by atoms with van der Waals surface area (Å²) in [5.74, 6) is -2.92. The zero-order valence-electron chi connectivity index (χ0n) is 17.0. The molecule has 1 spiro atoms. The van der Waals surface area contributed by atoms with Crippen molar-refractivity contribution in [3.8, 4) is 0 Å². The number of carbonyl (C=O) groups excluding carboxylic acids is 1. The molecular formula is C21H22F4N2O4S. The van der Waals surface area contributed by atoms with Crippen LogP contribution >= 0.6 is 11.3 Å². The highest BCUT2D eigenvalue weighted by Gasteiger charge is 2.42. The lowest BCUT2D eigenvalue weighted by molar-refractivity contribution is -0.192. The van der Waals surface area contributed by atoms with Crippen molar-refractivity contribution in [3.05, 3.63) is 52.5 Å². The minimum atomic E-state index is -5.08. The predicted molar refractivity (Wildman–Crippen MR) is 110 cm³/mol. The third kappa shape index (κ3) is 6.27. The van der Waals surface area contributed by atoms with Crippen LogP contribution in [0.1, 0.15) is 18.4 Å². The molecule has 1 aromatic carbocycles. The first-order valence-corrected chi connectivity index (χ1v) is 10.8. The Hall–Kier alpha value is -2.50. The molecule has 1 aromatic heterocycles. The predicted octanol–water partition coefficient (Wildman–Crippen LogP) is 3.92. The van der Waals surface area contributed by atoms with Crippen molar-refractivity contribution in [3.63, 3.8) is 0 Å². The number of alkyl halides is 3. The normalized spacial score (nSPS) is 18.9. The number of amides is 1. The van der Waals surface area contributed by atoms with Crippen LogP contribution in [0.5, 0.6) is 0 Å². The topological polar surface area (TPSA) is 70.1 Å². The number of piperidine rings is 1. The van der Waals surface area contributed by atoms with Gasteiger partial charge in [-0.2, -0.15) is 24.5 Å². The molecule has 0 unspecified atom stereocenters. The Bertz CT molecular complexity index is 911. The maximum absolute atomic E-state index is 13.0. The summed E-state index contributed by atoms with van der Waals surface area (Å²) in [6.45, 7) is 3.45. The lowest BCUT2D eigenvalue weighted by Crippen LogP contribution is -2.58. The highest BCUT2D eigenvalue weighted by atomic mass is 32.1. The minimum absolute atomic E-state index is 0.0396. The molecular weight excluding hydrogens is 452 g/mol. The molecule has 0 bridgehead atoms. The molecule has 2 saturated heterocycles. The molecule has 32 heavy (non-hydrogen) atoms. The maximum atomic E-state index is 13.0. The number of rotatable bonds is 3. The number of ether oxygens (including phenoxy) is 1. The average Bonchev–Trinajstić information content (AvgIpc) is 3.28. The van der Waals surface area contributed by atoms with Gasteiger partial charge >= 0.3 is 12.1 Å². The van der Waals surface area contributed by atoms with E-state index in [-0.39, 0.29) is 23.9 Å². The number of likely N-dealkylation sites (tertiary alicyclic amines) is 1. The molecule has 3 heterocycles. The summed E-state index contributed by atoms with van der Waals surface area (Å²) < 4.78 is 50.8. The monoisotopic (exact) mass is 474 g/mol. The number of hydrogen-bond donors (Lipinski definition) is 1. The van der Waals surface area contributed by atoms with Gasteiger partial charge in [0, 0.05) is 25.0 Å². The van der Waals surface area contributed by atoms with E-state index in [0.29, 0.717) is 6.54 Å². The van der Waals surface area contributed by atoms with Gasteiger partial charge in [-0.15, -0.1) is 0 Å². The van der Waals surface area contributed by atoms with Crippen LogP contribution < -0.4 is 4.90 Å². The van der Waals surface area contributed by atoms with Gasteiger partial charge in [-0.25, -0.2) is 9.18 Å². The molecule has 1 N–H and O–H groups in total. The van der Waals surface area contributed by atoms with Crippen molar-refractivity contribution in [1.29, 1.82) is 0 Å². The van der Waals surface area contributed by atoms with Crippen LogP contribution in [0.15, 0.2) is 41.1 Å². The second-order valence-corrected chi connectivity index (χ2v) is 8.42. The van der Waals surface area contributed by atoms with E-state index in [1.807, 2.05) is 33.9 Å². The van der Waals surface area contributed by atoms with E-state index >= 15 is 0 Å². The SMILES string of the molecule is O=C(O)C(F)(F)F.O=C1COC2(CCN(Cc3ccc(F)cc3)CC2)CN1c1ccsc1. The van der Waals surface area contributed by atoms with Crippen molar-refractivity contribution >= 4 is 28.9 Å². The van der Waals surface area contributed by atoms with Gasteiger partial charge < -0.3 is 14.7 Å². The lowest BCUT2D eigenvalue weighted by Gasteiger charge is -2.46. The first-order valence-electron chi connectivity index (χ1n) is 9.81. The fourth-order valence-corrected chi connectivity index (χ4v) is 4.27. The Balaban J connectivity index is 0.000000360. The standard InChI is InChI=1S/C19H21FN2O2S.C2HF3O2/c20-16-3-1-15(2-4-16)11-21-8-6-19(7-9-21)14-22(18(23)12-24-19)17-5-10-25-13-17;3-2(4,5)1(6)7/h1-5,10,13H,6-9,11-12,14H2;(H,6,7). The Morgan fingerprint density at radius 2 is 1.78 bits per heavy atom. The van der Waals surface area contributed by atoms with Gasteiger partial charge in [0.15, 0.2) is 0 Å². The van der Waals surface area contributed by atoms with Crippen LogP contribution in [-0.2, 0) is 20.9 Å². The van der Waals surface area contributed by atoms with Gasteiger partial charge in [0.1, 0.15) is 12.4 Å². The van der Waals surface area contributed by atoms with Crippen LogP contribution in [0.2, 0.25) is 0 Å². The molecule has 2 aliphatic rings. The quantitative estimate of drug-likeness (QED) is 0.683. The Kier molecular flexibility index (Phi) is 7.52. The third-order valence-corrected chi connectivity index (χ3v) is 6.07. The van der Waals surface area contributed by atoms with Gasteiger partial charge in [0.2, 0.25) is 0 Å². The fraction of sp³-hybridized carbons (Fsp3) is 0.429. The van der Waals surface area contributed by atoms with Crippen LogP contribution in [0.25, 0.3) is 0 Å². The van der Waals surface area contributed by atoms with Crippen molar-refractivity contribution in [1.82, 2.24) is 4.90 Å². The highest BCUT2D eigenvalue weighted by molar-refractivity contribution is 7.08. The highest BCUT2D eigenvalue weighted by Crippen LogP contribution is 2.33. The number of benzene rings is 1. The summed E-state index contributed by atoms with van der Waals surface area (Å²) in [6.07, 6.45) is -3.27. The number of carbonyl (C=O) groups is 2. The molecule has 0 radical (unpaired) electrons. The van der Waals surface area contributed by atoms with Crippen LogP contribution in [0.4, 0.5) is 23.2 Å². The minimum Gasteiger partial charge on any atom is -0.475 e. The smallest absolute Gasteiger partial charge is 0.475 e. The van der Waals surface area contributed by atoms with E-state index in [0.717, 1.165) is 43.7 Å². The van der Waals surface area contributed by atoms with Crippen LogP contribution in [0.3, 0.4) is 0 Å². The van der Waals surface area contributed by atoms with Crippen LogP contribution in [-0.4, -0.2) is 59.9 Å². The lowest BCUT2D eigenvalue weighted by atomic mass is 9.89. The summed E-state index contributed by atoms with van der Waals surface area (Å²) in [6, 6.07) is 8.69. The number of carboxylic acids is 1. The van der Waals surface area contributed by atoms with E-state index < -0.39 is 12.1 Å². The fourth-order valence-electron chi connectivity index (χ4n) is 3.63. The summed E-state index contributed by atoms with van der Waals surface area (Å²) >= 11 is 1.60. The van der Waals surface area contributed by atoms with E-state index in [2.05, 4.69) is 4.90 Å². The maximum Gasteiger partial charge on any atom is 0.490 e. The van der Waals surface area contributed by atoms with Crippen molar-refractivity contribution < 1.29 is 37.0 Å². The zero-order valence-corrected chi connectivity index (χ0v) is 17.8. The largest absolute Gasteiger partial charge is 0.490 e. The second-order valence-electron chi connectivity index (χ2n) is 7.64. The zero-order chi connectivity index (χ0) is 23.4. The van der Waals surface area contributed by atoms with E-state index in [9.17, 15) is 22.4 Å². The molecule has 174 valence electrons. The number of aliphatic carboxylic acids is 1. The second kappa shape index (κ2) is 9.97. The Morgan fingerprint density at radius 1 is 1.16 bits per heavy atom. The molecule has 1 amide bonds. The Morgan fingerprint density at radius 3 is 2.31 bits per heavy atom. The van der Waals surface area contributed by atoms with Crippen molar-refractivity contribution in [2.75, 3.05) is 31.1 Å². The Labute approximate surface area is 186 Å². The average molecular weight is 474 g/mol. The number of anilines is 1. The summed E-state index contributed by atoms with van der Waals surface area (Å²) in [5.41, 5.74) is 1.86. The molecule has 0 aliphatic carbocycles. The van der Waals surface area contributed by atoms with E-state index in [1.165, 1.54) is 12.1 Å². The molecule has 2 aliphatic heterocycles. The summed E-state index contributed by atoms with van der Waals surface area (Å²) in [5, 5.41) is 11.1. The first-order chi connectivity index (χ1) is 15.1. The number of carboxylic acid groups (broad SMARTS) is 1. The molecule has 0 atom stereocenters. The number of thiophene rings is 1. The number of halogens is 4. The molecule has 4 rings (SSSR count). The first kappa shape index (κ1) is 24.1. The van der Waals surface area contributed by atoms with Gasteiger partial charge in [0.05, 0.1) is 17.8 Å². The molecule has 2 aromatic rings. The third-order valence-electron chi connectivity index (χ3n) is 5.40. The molecule has 2 fully saturated rings. The van der Waals surface area contributed by atoms with Crippen molar-refractivity contribution in [2.24, 2.45) is 0 Å². The summed E-state index contributed by atoms with van der Waals surface area (Å²) in [7, 11) is 0. The summed E-state index contributed by atoms with van der Waals surface area (Å²) in [4.78, 5) is 25.4. The van der Waals surface area contributed by atoms with Gasteiger partial charge in [0.25, 0.3) is 5.91 Å². The molecule has 6 nitrogen and oxygen atoms in total. The van der Waals surface area contributed by atoms with Gasteiger partial charge in [-0.3, -0.25) is 9.69 Å². The van der Waals surface area contributed by atoms with Gasteiger partial charge in [-0.05, 0) is 42.0 Å². The number of nitrogens with zero attached hydrogens (tertiary/aromatic N) is 2. The van der Waals surface area contributed by atoms with Crippen LogP contribution in [0, 0.1) is 5.82 Å². The number of morpholine rings is 1. The van der Waals surface area contributed by atoms with Gasteiger partial charge in [-0.1, -0.05) is 12.1 Å². The molecule has 11 heteroatoms.